The third-order valence-corrected chi connectivity index (χ3v) is 8.93. The van der Waals surface area contributed by atoms with Crippen LogP contribution in [0.25, 0.3) is 0 Å². The van der Waals surface area contributed by atoms with E-state index in [-0.39, 0.29) is 12.5 Å². The van der Waals surface area contributed by atoms with E-state index in [1.807, 2.05) is 61.5 Å². The zero-order valence-corrected chi connectivity index (χ0v) is 25.5. The zero-order valence-electron chi connectivity index (χ0n) is 25.5. The van der Waals surface area contributed by atoms with Crippen LogP contribution in [0.1, 0.15) is 46.7 Å². The van der Waals surface area contributed by atoms with Crippen molar-refractivity contribution in [1.29, 1.82) is 0 Å². The van der Waals surface area contributed by atoms with Gasteiger partial charge in [0.1, 0.15) is 5.54 Å². The number of aryl methyl sites for hydroxylation is 1. The molecule has 4 atom stereocenters. The first-order valence-corrected chi connectivity index (χ1v) is 15.0. The molecule has 48 heavy (non-hydrogen) atoms. The van der Waals surface area contributed by atoms with Crippen molar-refractivity contribution in [3.63, 3.8) is 0 Å². The summed E-state index contributed by atoms with van der Waals surface area (Å²) in [5, 5.41) is 10.5. The number of carboxylic acids is 1. The Morgan fingerprint density at radius 1 is 0.854 bits per heavy atom. The monoisotopic (exact) mass is 675 g/mol. The number of aliphatic carboxylic acids is 1. The van der Waals surface area contributed by atoms with Crippen LogP contribution in [0, 0.1) is 18.8 Å². The Bertz CT molecular complexity index is 1680. The Morgan fingerprint density at radius 2 is 1.44 bits per heavy atom. The number of piperidine rings is 1. The van der Waals surface area contributed by atoms with Gasteiger partial charge in [-0.05, 0) is 48.6 Å². The summed E-state index contributed by atoms with van der Waals surface area (Å²) in [4.78, 5) is 54.1. The molecule has 3 fully saturated rings. The van der Waals surface area contributed by atoms with Gasteiger partial charge in [0.2, 0.25) is 17.7 Å². The number of amides is 3. The quantitative estimate of drug-likeness (QED) is 0.268. The number of imide groups is 1. The highest BCUT2D eigenvalue weighted by Crippen LogP contribution is 2.52. The molecule has 8 nitrogen and oxygen atoms in total. The van der Waals surface area contributed by atoms with Gasteiger partial charge in [-0.3, -0.25) is 24.6 Å². The van der Waals surface area contributed by atoms with E-state index in [0.29, 0.717) is 31.5 Å². The molecule has 1 spiro atoms. The summed E-state index contributed by atoms with van der Waals surface area (Å²) in [7, 11) is 0. The molecule has 3 saturated heterocycles. The summed E-state index contributed by atoms with van der Waals surface area (Å²) >= 11 is 0. The summed E-state index contributed by atoms with van der Waals surface area (Å²) in [6, 6.07) is 20.9. The number of hydrogen-bond donors (Lipinski definition) is 2. The lowest BCUT2D eigenvalue weighted by Crippen LogP contribution is -2.63. The highest BCUT2D eigenvalue weighted by molar-refractivity contribution is 6.10. The molecule has 3 aromatic carbocycles. The van der Waals surface area contributed by atoms with E-state index in [1.54, 1.807) is 4.90 Å². The first kappa shape index (κ1) is 34.6. The van der Waals surface area contributed by atoms with Crippen molar-refractivity contribution in [1.82, 2.24) is 15.1 Å². The lowest BCUT2D eigenvalue weighted by atomic mass is 9.74. The van der Waals surface area contributed by atoms with Crippen LogP contribution in [0.2, 0.25) is 0 Å². The van der Waals surface area contributed by atoms with Crippen LogP contribution in [-0.2, 0) is 38.4 Å². The fourth-order valence-corrected chi connectivity index (χ4v) is 6.68. The number of hydrogen-bond acceptors (Lipinski definition) is 5. The average Bonchev–Trinajstić information content (AvgIpc) is 3.50. The van der Waals surface area contributed by atoms with Gasteiger partial charge in [0, 0.05) is 19.1 Å². The Morgan fingerprint density at radius 3 is 2.00 bits per heavy atom. The maximum absolute atomic E-state index is 14.3. The second kappa shape index (κ2) is 13.1. The van der Waals surface area contributed by atoms with Gasteiger partial charge in [-0.2, -0.15) is 26.3 Å². The summed E-state index contributed by atoms with van der Waals surface area (Å²) in [5.74, 6) is -5.72. The second-order valence-corrected chi connectivity index (χ2v) is 12.1. The van der Waals surface area contributed by atoms with Gasteiger partial charge in [-0.15, -0.1) is 0 Å². The molecule has 0 saturated carbocycles. The Kier molecular flexibility index (Phi) is 9.42. The highest BCUT2D eigenvalue weighted by Gasteiger charge is 2.69. The van der Waals surface area contributed by atoms with Crippen LogP contribution in [0.5, 0.6) is 0 Å². The van der Waals surface area contributed by atoms with Gasteiger partial charge in [-0.25, -0.2) is 4.79 Å². The molecule has 6 rings (SSSR count). The molecule has 14 heteroatoms. The van der Waals surface area contributed by atoms with Crippen molar-refractivity contribution in [3.05, 3.63) is 107 Å². The van der Waals surface area contributed by atoms with Gasteiger partial charge in [0.15, 0.2) is 0 Å². The topological polar surface area (TPSA) is 107 Å². The zero-order chi connectivity index (χ0) is 35.0. The molecule has 0 bridgehead atoms. The van der Waals surface area contributed by atoms with Crippen LogP contribution in [0.4, 0.5) is 26.3 Å². The van der Waals surface area contributed by atoms with E-state index in [2.05, 4.69) is 5.32 Å². The predicted octanol–water partition coefficient (Wildman–Crippen LogP) is 5.65. The van der Waals surface area contributed by atoms with E-state index in [4.69, 9.17) is 9.90 Å². The van der Waals surface area contributed by atoms with Crippen molar-refractivity contribution >= 4 is 23.7 Å². The lowest BCUT2D eigenvalue weighted by Gasteiger charge is -2.42. The van der Waals surface area contributed by atoms with Gasteiger partial charge in [-0.1, -0.05) is 72.3 Å². The van der Waals surface area contributed by atoms with Gasteiger partial charge in [0.05, 0.1) is 23.9 Å². The minimum absolute atomic E-state index is 0.0720. The van der Waals surface area contributed by atoms with Crippen LogP contribution in [0.15, 0.2) is 78.9 Å². The lowest BCUT2D eigenvalue weighted by molar-refractivity contribution is -0.192. The fourth-order valence-electron chi connectivity index (χ4n) is 6.68. The first-order valence-electron chi connectivity index (χ1n) is 15.0. The number of rotatable bonds is 5. The molecular formula is C34H31F6N3O5. The maximum Gasteiger partial charge on any atom is 0.490 e. The molecule has 3 aliphatic rings. The van der Waals surface area contributed by atoms with Crippen molar-refractivity contribution in [2.24, 2.45) is 11.8 Å². The largest absolute Gasteiger partial charge is 0.490 e. The van der Waals surface area contributed by atoms with Crippen molar-refractivity contribution in [2.45, 2.75) is 56.8 Å². The normalized spacial score (nSPS) is 24.1. The molecule has 3 amide bonds. The van der Waals surface area contributed by atoms with E-state index in [0.717, 1.165) is 28.8 Å². The molecule has 0 unspecified atom stereocenters. The standard InChI is InChI=1S/C32H30F3N3O3.C2HF3O2/c1-20-8-10-22(11-9-20)18-37-17-5-16-31(30(37)41)26-25(27(36-31)23-12-14-24(15-13-23)32(33,34)35)28(39)38(29(26)40)19-21-6-3-2-4-7-21;3-2(4,5)1(6)7/h2-4,6-15,25-27,36H,5,16-19H2,1H3;(H,6,7)/t25-,26-,27-,31-;/m1./s1. The summed E-state index contributed by atoms with van der Waals surface area (Å²) in [5.41, 5.74) is 1.13. The molecule has 0 aromatic heterocycles. The second-order valence-electron chi connectivity index (χ2n) is 12.1. The van der Waals surface area contributed by atoms with Crippen LogP contribution >= 0.6 is 0 Å². The minimum atomic E-state index is -5.08. The number of alkyl halides is 6. The van der Waals surface area contributed by atoms with Crippen molar-refractivity contribution in [2.75, 3.05) is 6.54 Å². The number of carboxylic acid groups (broad SMARTS) is 1. The number of carbonyl (C=O) groups excluding carboxylic acids is 3. The first-order chi connectivity index (χ1) is 22.5. The van der Waals surface area contributed by atoms with Gasteiger partial charge in [0.25, 0.3) is 0 Å². The molecular weight excluding hydrogens is 644 g/mol. The van der Waals surface area contributed by atoms with Crippen LogP contribution in [0.3, 0.4) is 0 Å². The molecule has 3 aromatic rings. The van der Waals surface area contributed by atoms with Gasteiger partial charge >= 0.3 is 18.3 Å². The molecule has 2 N–H and O–H groups in total. The van der Waals surface area contributed by atoms with Crippen LogP contribution in [-0.4, -0.2) is 56.9 Å². The van der Waals surface area contributed by atoms with E-state index >= 15 is 0 Å². The molecule has 0 aliphatic carbocycles. The molecule has 3 heterocycles. The summed E-state index contributed by atoms with van der Waals surface area (Å²) < 4.78 is 71.6. The molecule has 0 radical (unpaired) electrons. The Hall–Kier alpha value is -4.72. The van der Waals surface area contributed by atoms with E-state index in [1.165, 1.54) is 17.0 Å². The smallest absolute Gasteiger partial charge is 0.475 e. The predicted molar refractivity (Wildman–Crippen MR) is 159 cm³/mol. The third kappa shape index (κ3) is 6.80. The molecule has 254 valence electrons. The number of fused-ring (bicyclic) bond motifs is 2. The number of halogens is 6. The highest BCUT2D eigenvalue weighted by atomic mass is 19.4. The van der Waals surface area contributed by atoms with E-state index in [9.17, 15) is 40.7 Å². The van der Waals surface area contributed by atoms with Crippen molar-refractivity contribution in [3.8, 4) is 0 Å². The number of likely N-dealkylation sites (tertiary alicyclic amines) is 2. The van der Waals surface area contributed by atoms with Crippen molar-refractivity contribution < 1.29 is 50.6 Å². The number of benzene rings is 3. The maximum atomic E-state index is 14.3. The number of carbonyl (C=O) groups is 4. The fraction of sp³-hybridized carbons (Fsp3) is 0.353. The minimum Gasteiger partial charge on any atom is -0.475 e. The Balaban J connectivity index is 0.000000582. The summed E-state index contributed by atoms with van der Waals surface area (Å²) in [6.45, 7) is 2.93. The third-order valence-electron chi connectivity index (χ3n) is 8.93. The number of nitrogens with one attached hydrogen (secondary N) is 1. The SMILES string of the molecule is Cc1ccc(CN2CCC[C@]3(N[C@H](c4ccc(C(F)(F)F)cc4)[C@@H]4C(=O)N(Cc5ccccc5)C(=O)[C@@H]43)C2=O)cc1.O=C(O)C(F)(F)F. The summed E-state index contributed by atoms with van der Waals surface area (Å²) in [6.07, 6.45) is -8.62. The molecule has 3 aliphatic heterocycles. The average molecular weight is 676 g/mol. The Labute approximate surface area is 271 Å². The van der Waals surface area contributed by atoms with E-state index < -0.39 is 59.1 Å². The van der Waals surface area contributed by atoms with Gasteiger partial charge < -0.3 is 10.0 Å². The van der Waals surface area contributed by atoms with Crippen LogP contribution < -0.4 is 5.32 Å². The number of nitrogens with zero attached hydrogens (tertiary/aromatic N) is 2.